The van der Waals surface area contributed by atoms with E-state index in [1.807, 2.05) is 44.3 Å². The van der Waals surface area contributed by atoms with Gasteiger partial charge in [0.1, 0.15) is 12.0 Å². The zero-order valence-corrected chi connectivity index (χ0v) is 10.8. The summed E-state index contributed by atoms with van der Waals surface area (Å²) in [5.41, 5.74) is 1.06. The number of nitrogens with one attached hydrogen (secondary N) is 2. The third kappa shape index (κ3) is 3.24. The summed E-state index contributed by atoms with van der Waals surface area (Å²) in [6.45, 7) is 4.50. The van der Waals surface area contributed by atoms with Crippen LogP contribution in [0.4, 0.5) is 0 Å². The van der Waals surface area contributed by atoms with Crippen LogP contribution >= 0.6 is 0 Å². The molecule has 0 aliphatic carbocycles. The van der Waals surface area contributed by atoms with Crippen LogP contribution in [0.1, 0.15) is 20.3 Å². The Kier molecular flexibility index (Phi) is 4.23. The zero-order valence-electron chi connectivity index (χ0n) is 10.8. The smallest absolute Gasteiger partial charge is 0.128 e. The molecule has 0 amide bonds. The lowest BCUT2D eigenvalue weighted by atomic mass is 10.2. The Morgan fingerprint density at radius 2 is 2.17 bits per heavy atom. The second-order valence-electron chi connectivity index (χ2n) is 4.67. The summed E-state index contributed by atoms with van der Waals surface area (Å²) in [6.07, 6.45) is 1.95. The molecule has 0 radical (unpaired) electrons. The Hall–Kier alpha value is -1.52. The first-order valence-electron chi connectivity index (χ1n) is 6.30. The zero-order chi connectivity index (χ0) is 13.0. The highest BCUT2D eigenvalue weighted by molar-refractivity contribution is 5.85. The molecule has 1 atom stereocenters. The van der Waals surface area contributed by atoms with Crippen molar-refractivity contribution < 1.29 is 9.84 Å². The van der Waals surface area contributed by atoms with E-state index in [1.54, 1.807) is 0 Å². The van der Waals surface area contributed by atoms with E-state index < -0.39 is 6.23 Å². The van der Waals surface area contributed by atoms with Gasteiger partial charge in [0, 0.05) is 29.6 Å². The van der Waals surface area contributed by atoms with Crippen LogP contribution in [0, 0.1) is 0 Å². The minimum atomic E-state index is -0.518. The highest BCUT2D eigenvalue weighted by Gasteiger charge is 2.07. The molecule has 4 heteroatoms. The fraction of sp³-hybridized carbons (Fsp3) is 0.429. The number of aromatic amines is 1. The number of hydrogen-bond donors (Lipinski definition) is 3. The molecule has 0 aliphatic heterocycles. The maximum atomic E-state index is 9.67. The molecule has 0 saturated carbocycles. The Labute approximate surface area is 107 Å². The van der Waals surface area contributed by atoms with E-state index in [-0.39, 0.29) is 6.04 Å². The van der Waals surface area contributed by atoms with Crippen LogP contribution in [0.25, 0.3) is 10.9 Å². The molecule has 0 aliphatic rings. The summed E-state index contributed by atoms with van der Waals surface area (Å²) in [5.74, 6) is 0.852. The van der Waals surface area contributed by atoms with Crippen molar-refractivity contribution >= 4 is 10.9 Å². The van der Waals surface area contributed by atoms with Crippen molar-refractivity contribution in [2.75, 3.05) is 6.61 Å². The quantitative estimate of drug-likeness (QED) is 0.687. The first kappa shape index (κ1) is 12.9. The van der Waals surface area contributed by atoms with Crippen LogP contribution < -0.4 is 10.1 Å². The molecule has 1 heterocycles. The molecule has 4 nitrogen and oxygen atoms in total. The molecule has 98 valence electrons. The average molecular weight is 248 g/mol. The molecule has 0 fully saturated rings. The number of ether oxygens (including phenoxy) is 1. The molecule has 3 N–H and O–H groups in total. The van der Waals surface area contributed by atoms with Crippen LogP contribution in [-0.2, 0) is 0 Å². The highest BCUT2D eigenvalue weighted by atomic mass is 16.5. The van der Waals surface area contributed by atoms with Crippen molar-refractivity contribution in [2.45, 2.75) is 32.5 Å². The molecular formula is C14H20N2O2. The fourth-order valence-corrected chi connectivity index (χ4v) is 1.93. The van der Waals surface area contributed by atoms with Crippen LogP contribution in [0.5, 0.6) is 5.75 Å². The van der Waals surface area contributed by atoms with Gasteiger partial charge >= 0.3 is 0 Å². The molecule has 0 saturated heterocycles. The minimum Gasteiger partial charge on any atom is -0.493 e. The van der Waals surface area contributed by atoms with Crippen LogP contribution in [0.15, 0.2) is 30.5 Å². The van der Waals surface area contributed by atoms with Crippen molar-refractivity contribution in [2.24, 2.45) is 0 Å². The Morgan fingerprint density at radius 3 is 2.94 bits per heavy atom. The van der Waals surface area contributed by atoms with Gasteiger partial charge in [0.15, 0.2) is 0 Å². The number of hydrogen-bond acceptors (Lipinski definition) is 3. The summed E-state index contributed by atoms with van der Waals surface area (Å²) in [6, 6.07) is 8.17. The maximum Gasteiger partial charge on any atom is 0.128 e. The van der Waals surface area contributed by atoms with E-state index in [0.717, 1.165) is 16.7 Å². The Bertz CT molecular complexity index is 493. The summed E-state index contributed by atoms with van der Waals surface area (Å²) in [7, 11) is 0. The number of rotatable bonds is 6. The number of aliphatic hydroxyl groups is 1. The van der Waals surface area contributed by atoms with E-state index >= 15 is 0 Å². The summed E-state index contributed by atoms with van der Waals surface area (Å²) >= 11 is 0. The third-order valence-electron chi connectivity index (χ3n) is 2.73. The van der Waals surface area contributed by atoms with Gasteiger partial charge in [0.2, 0.25) is 0 Å². The normalized spacial score (nSPS) is 13.1. The largest absolute Gasteiger partial charge is 0.493 e. The van der Waals surface area contributed by atoms with Crippen molar-refractivity contribution in [1.82, 2.24) is 10.3 Å². The van der Waals surface area contributed by atoms with E-state index in [2.05, 4.69) is 10.3 Å². The van der Waals surface area contributed by atoms with Gasteiger partial charge in [0.05, 0.1) is 6.61 Å². The SMILES string of the molecule is CC(C)NC(O)CCOc1cccc2[nH]ccc12. The van der Waals surface area contributed by atoms with E-state index in [4.69, 9.17) is 4.74 Å². The number of benzene rings is 1. The van der Waals surface area contributed by atoms with E-state index in [9.17, 15) is 5.11 Å². The topological polar surface area (TPSA) is 57.3 Å². The monoisotopic (exact) mass is 248 g/mol. The number of H-pyrrole nitrogens is 1. The maximum absolute atomic E-state index is 9.67. The predicted molar refractivity (Wildman–Crippen MR) is 72.7 cm³/mol. The van der Waals surface area contributed by atoms with Gasteiger partial charge < -0.3 is 14.8 Å². The van der Waals surface area contributed by atoms with Gasteiger partial charge in [-0.05, 0) is 32.0 Å². The van der Waals surface area contributed by atoms with Gasteiger partial charge in [0.25, 0.3) is 0 Å². The number of aromatic nitrogens is 1. The van der Waals surface area contributed by atoms with Gasteiger partial charge in [-0.3, -0.25) is 5.32 Å². The molecule has 2 aromatic rings. The second kappa shape index (κ2) is 5.89. The van der Waals surface area contributed by atoms with Gasteiger partial charge in [-0.1, -0.05) is 6.07 Å². The average Bonchev–Trinajstić information content (AvgIpc) is 2.76. The van der Waals surface area contributed by atoms with Crippen LogP contribution in [-0.4, -0.2) is 29.0 Å². The lowest BCUT2D eigenvalue weighted by Crippen LogP contribution is -2.35. The summed E-state index contributed by atoms with van der Waals surface area (Å²) in [5, 5.41) is 13.8. The number of fused-ring (bicyclic) bond motifs is 1. The van der Waals surface area contributed by atoms with E-state index in [0.29, 0.717) is 13.0 Å². The van der Waals surface area contributed by atoms with Crippen LogP contribution in [0.2, 0.25) is 0 Å². The first-order valence-corrected chi connectivity index (χ1v) is 6.30. The third-order valence-corrected chi connectivity index (χ3v) is 2.73. The minimum absolute atomic E-state index is 0.271. The molecule has 1 unspecified atom stereocenters. The Balaban J connectivity index is 1.88. The standard InChI is InChI=1S/C14H20N2O2/c1-10(2)16-14(17)7-9-18-13-5-3-4-12-11(13)6-8-15-12/h3-6,8,10,14-17H,7,9H2,1-2H3. The number of aliphatic hydroxyl groups excluding tert-OH is 1. The predicted octanol–water partition coefficient (Wildman–Crippen LogP) is 2.25. The summed E-state index contributed by atoms with van der Waals surface area (Å²) in [4.78, 5) is 3.14. The van der Waals surface area contributed by atoms with Crippen molar-refractivity contribution in [1.29, 1.82) is 0 Å². The lowest BCUT2D eigenvalue weighted by molar-refractivity contribution is 0.0998. The van der Waals surface area contributed by atoms with Crippen LogP contribution in [0.3, 0.4) is 0 Å². The van der Waals surface area contributed by atoms with E-state index in [1.165, 1.54) is 0 Å². The molecule has 0 bridgehead atoms. The molecule has 0 spiro atoms. The molecule has 2 rings (SSSR count). The van der Waals surface area contributed by atoms with Gasteiger partial charge in [-0.25, -0.2) is 0 Å². The molecular weight excluding hydrogens is 228 g/mol. The second-order valence-corrected chi connectivity index (χ2v) is 4.67. The summed E-state index contributed by atoms with van der Waals surface area (Å²) < 4.78 is 5.71. The van der Waals surface area contributed by atoms with Gasteiger partial charge in [-0.2, -0.15) is 0 Å². The Morgan fingerprint density at radius 1 is 1.33 bits per heavy atom. The van der Waals surface area contributed by atoms with Gasteiger partial charge in [-0.15, -0.1) is 0 Å². The van der Waals surface area contributed by atoms with Crippen molar-refractivity contribution in [3.05, 3.63) is 30.5 Å². The first-order chi connectivity index (χ1) is 8.66. The molecule has 18 heavy (non-hydrogen) atoms. The van der Waals surface area contributed by atoms with Crippen molar-refractivity contribution in [3.63, 3.8) is 0 Å². The lowest BCUT2D eigenvalue weighted by Gasteiger charge is -2.16. The highest BCUT2D eigenvalue weighted by Crippen LogP contribution is 2.24. The molecule has 1 aromatic heterocycles. The van der Waals surface area contributed by atoms with Crippen molar-refractivity contribution in [3.8, 4) is 5.75 Å². The fourth-order valence-electron chi connectivity index (χ4n) is 1.93. The molecule has 1 aromatic carbocycles.